The van der Waals surface area contributed by atoms with Crippen molar-refractivity contribution in [2.75, 3.05) is 0 Å². The van der Waals surface area contributed by atoms with Crippen molar-refractivity contribution >= 4 is 33.0 Å². The zero-order valence-electron chi connectivity index (χ0n) is 16.8. The van der Waals surface area contributed by atoms with E-state index in [4.69, 9.17) is 13.8 Å². The van der Waals surface area contributed by atoms with Gasteiger partial charge in [0.15, 0.2) is 5.58 Å². The Labute approximate surface area is 173 Å². The van der Waals surface area contributed by atoms with Crippen molar-refractivity contribution in [1.82, 2.24) is 4.98 Å². The fraction of sp³-hybridized carbons (Fsp3) is 0.0741. The van der Waals surface area contributed by atoms with Crippen molar-refractivity contribution in [1.29, 1.82) is 0 Å². The molecule has 6 aromatic rings. The van der Waals surface area contributed by atoms with Crippen LogP contribution in [0, 0.1) is 13.8 Å². The van der Waals surface area contributed by atoms with Gasteiger partial charge in [-0.05, 0) is 49.2 Å². The Hall–Kier alpha value is -3.85. The second-order valence-electron chi connectivity index (χ2n) is 7.74. The Bertz CT molecular complexity index is 1550. The molecule has 3 nitrogen and oxygen atoms in total. The number of para-hydroxylation sites is 2. The van der Waals surface area contributed by atoms with Gasteiger partial charge in [0.05, 0.1) is 5.69 Å². The summed E-state index contributed by atoms with van der Waals surface area (Å²) in [6, 6.07) is 26.7. The molecular weight excluding hydrogens is 370 g/mol. The molecule has 0 atom stereocenters. The van der Waals surface area contributed by atoms with Crippen molar-refractivity contribution in [3.8, 4) is 22.6 Å². The summed E-state index contributed by atoms with van der Waals surface area (Å²) in [7, 11) is 0. The molecule has 144 valence electrons. The van der Waals surface area contributed by atoms with Crippen LogP contribution in [0.2, 0.25) is 0 Å². The van der Waals surface area contributed by atoms with Crippen LogP contribution < -0.4 is 0 Å². The van der Waals surface area contributed by atoms with Crippen LogP contribution >= 0.6 is 0 Å². The van der Waals surface area contributed by atoms with Gasteiger partial charge in [0.2, 0.25) is 0 Å². The van der Waals surface area contributed by atoms with Gasteiger partial charge < -0.3 is 8.83 Å². The molecule has 0 radical (unpaired) electrons. The maximum absolute atomic E-state index is 6.19. The average Bonchev–Trinajstić information content (AvgIpc) is 3.34. The van der Waals surface area contributed by atoms with Gasteiger partial charge in [-0.2, -0.15) is 0 Å². The molecule has 0 spiro atoms. The highest BCUT2D eigenvalue weighted by atomic mass is 16.3. The van der Waals surface area contributed by atoms with E-state index in [1.807, 2.05) is 36.4 Å². The molecule has 0 aliphatic carbocycles. The SMILES string of the molecule is Cc1cccc(C)c1-c1cc2nc(-c3cccc4c3oc3ccccc34)ccc2o1. The van der Waals surface area contributed by atoms with E-state index < -0.39 is 0 Å². The molecule has 0 unspecified atom stereocenters. The predicted octanol–water partition coefficient (Wildman–Crippen LogP) is 7.68. The monoisotopic (exact) mass is 389 g/mol. The Morgan fingerprint density at radius 3 is 2.30 bits per heavy atom. The number of furan rings is 2. The smallest absolute Gasteiger partial charge is 0.153 e. The molecule has 3 aromatic carbocycles. The molecule has 0 aliphatic heterocycles. The lowest BCUT2D eigenvalue weighted by atomic mass is 10.0. The number of aromatic nitrogens is 1. The van der Waals surface area contributed by atoms with Gasteiger partial charge in [-0.15, -0.1) is 0 Å². The third-order valence-electron chi connectivity index (χ3n) is 5.78. The first-order chi connectivity index (χ1) is 14.7. The van der Waals surface area contributed by atoms with E-state index in [0.717, 1.165) is 55.6 Å². The minimum atomic E-state index is 0.785. The van der Waals surface area contributed by atoms with Crippen LogP contribution in [-0.4, -0.2) is 4.98 Å². The van der Waals surface area contributed by atoms with E-state index in [1.165, 1.54) is 11.1 Å². The molecule has 0 fully saturated rings. The first-order valence-electron chi connectivity index (χ1n) is 10.1. The lowest BCUT2D eigenvalue weighted by Crippen LogP contribution is -1.85. The molecule has 30 heavy (non-hydrogen) atoms. The number of fused-ring (bicyclic) bond motifs is 4. The zero-order valence-corrected chi connectivity index (χ0v) is 16.8. The molecule has 3 heteroatoms. The fourth-order valence-electron chi connectivity index (χ4n) is 4.35. The molecule has 0 N–H and O–H groups in total. The van der Waals surface area contributed by atoms with Crippen LogP contribution in [0.3, 0.4) is 0 Å². The number of benzene rings is 3. The molecule has 0 bridgehead atoms. The van der Waals surface area contributed by atoms with Crippen LogP contribution in [0.25, 0.3) is 55.6 Å². The standard InChI is InChI=1S/C27H19NO2/c1-16-7-5-8-17(2)26(16)25-15-22-24(29-25)14-13-21(28-22)20-11-6-10-19-18-9-3-4-12-23(18)30-27(19)20/h3-15H,1-2H3. The number of pyridine rings is 1. The molecule has 0 amide bonds. The molecular formula is C27H19NO2. The summed E-state index contributed by atoms with van der Waals surface area (Å²) in [4.78, 5) is 4.92. The topological polar surface area (TPSA) is 39.2 Å². The van der Waals surface area contributed by atoms with Gasteiger partial charge in [-0.1, -0.05) is 48.5 Å². The van der Waals surface area contributed by atoms with Crippen LogP contribution in [0.15, 0.2) is 87.7 Å². The van der Waals surface area contributed by atoms with E-state index in [0.29, 0.717) is 0 Å². The summed E-state index contributed by atoms with van der Waals surface area (Å²) in [6.45, 7) is 4.22. The zero-order chi connectivity index (χ0) is 20.2. The maximum atomic E-state index is 6.19. The third-order valence-corrected chi connectivity index (χ3v) is 5.78. The molecule has 3 aromatic heterocycles. The van der Waals surface area contributed by atoms with Crippen LogP contribution in [-0.2, 0) is 0 Å². The second-order valence-corrected chi connectivity index (χ2v) is 7.74. The predicted molar refractivity (Wildman–Crippen MR) is 122 cm³/mol. The largest absolute Gasteiger partial charge is 0.455 e. The summed E-state index contributed by atoms with van der Waals surface area (Å²) in [5.74, 6) is 0.854. The number of hydrogen-bond acceptors (Lipinski definition) is 3. The van der Waals surface area contributed by atoms with E-state index in [2.05, 4.69) is 56.3 Å². The summed E-state index contributed by atoms with van der Waals surface area (Å²) in [5, 5.41) is 2.23. The highest BCUT2D eigenvalue weighted by Crippen LogP contribution is 2.37. The van der Waals surface area contributed by atoms with E-state index in [-0.39, 0.29) is 0 Å². The first-order valence-corrected chi connectivity index (χ1v) is 10.1. The fourth-order valence-corrected chi connectivity index (χ4v) is 4.35. The van der Waals surface area contributed by atoms with Crippen molar-refractivity contribution in [3.63, 3.8) is 0 Å². The van der Waals surface area contributed by atoms with Crippen molar-refractivity contribution < 1.29 is 8.83 Å². The highest BCUT2D eigenvalue weighted by molar-refractivity contribution is 6.09. The summed E-state index contributed by atoms with van der Waals surface area (Å²) < 4.78 is 12.3. The first kappa shape index (κ1) is 17.0. The van der Waals surface area contributed by atoms with Gasteiger partial charge in [0, 0.05) is 28.0 Å². The lowest BCUT2D eigenvalue weighted by Gasteiger charge is -2.05. The van der Waals surface area contributed by atoms with Crippen molar-refractivity contribution in [3.05, 3.63) is 90.0 Å². The number of hydrogen-bond donors (Lipinski definition) is 0. The quantitative estimate of drug-likeness (QED) is 0.305. The molecule has 0 saturated carbocycles. The van der Waals surface area contributed by atoms with E-state index in [9.17, 15) is 0 Å². The third kappa shape index (κ3) is 2.49. The molecule has 0 aliphatic rings. The molecule has 6 rings (SSSR count). The van der Waals surface area contributed by atoms with Crippen molar-refractivity contribution in [2.45, 2.75) is 13.8 Å². The van der Waals surface area contributed by atoms with Crippen LogP contribution in [0.4, 0.5) is 0 Å². The van der Waals surface area contributed by atoms with E-state index >= 15 is 0 Å². The summed E-state index contributed by atoms with van der Waals surface area (Å²) >= 11 is 0. The summed E-state index contributed by atoms with van der Waals surface area (Å²) in [6.07, 6.45) is 0. The Morgan fingerprint density at radius 2 is 1.43 bits per heavy atom. The Kier molecular flexibility index (Phi) is 3.59. The number of rotatable bonds is 2. The van der Waals surface area contributed by atoms with Crippen LogP contribution in [0.1, 0.15) is 11.1 Å². The van der Waals surface area contributed by atoms with Gasteiger partial charge in [0.25, 0.3) is 0 Å². The minimum absolute atomic E-state index is 0.785. The minimum Gasteiger partial charge on any atom is -0.455 e. The van der Waals surface area contributed by atoms with Crippen LogP contribution in [0.5, 0.6) is 0 Å². The van der Waals surface area contributed by atoms with Gasteiger partial charge in [0.1, 0.15) is 22.4 Å². The number of nitrogens with zero attached hydrogens (tertiary/aromatic N) is 1. The maximum Gasteiger partial charge on any atom is 0.153 e. The van der Waals surface area contributed by atoms with Gasteiger partial charge in [-0.3, -0.25) is 0 Å². The van der Waals surface area contributed by atoms with Crippen molar-refractivity contribution in [2.24, 2.45) is 0 Å². The Morgan fingerprint density at radius 1 is 0.667 bits per heavy atom. The Balaban J connectivity index is 1.54. The normalized spacial score (nSPS) is 11.7. The second kappa shape index (κ2) is 6.33. The average molecular weight is 389 g/mol. The molecule has 3 heterocycles. The van der Waals surface area contributed by atoms with E-state index in [1.54, 1.807) is 0 Å². The van der Waals surface area contributed by atoms with Gasteiger partial charge in [-0.25, -0.2) is 4.98 Å². The number of aryl methyl sites for hydroxylation is 2. The van der Waals surface area contributed by atoms with Gasteiger partial charge >= 0.3 is 0 Å². The molecule has 0 saturated heterocycles. The highest BCUT2D eigenvalue weighted by Gasteiger charge is 2.15. The lowest BCUT2D eigenvalue weighted by molar-refractivity contribution is 0.630. The summed E-state index contributed by atoms with van der Waals surface area (Å²) in [5.41, 5.74) is 8.78.